The molecule has 1 saturated heterocycles. The molecule has 1 aliphatic heterocycles. The van der Waals surface area contributed by atoms with E-state index < -0.39 is 67.1 Å². The Labute approximate surface area is 229 Å². The SMILES string of the molecule is Cl.Cl.Cl.Cl.Cl.NCCCNC(=O)O[C@@H]1[C@@H](O)[C@H](O[C@H]2O[C@H](CN)[C@@H](O)[C@H](O)[C@H]2N)[C@@H](N)C[C@H]1N. The van der Waals surface area contributed by atoms with Crippen molar-refractivity contribution >= 4 is 68.1 Å². The first-order chi connectivity index (χ1) is 13.7. The number of hydrogen-bond acceptors (Lipinski definition) is 12. The number of alkyl carbamates (subject to hydrolysis) is 1. The van der Waals surface area contributed by atoms with Crippen LogP contribution in [0.2, 0.25) is 0 Å². The number of halogens is 5. The van der Waals surface area contributed by atoms with Crippen molar-refractivity contribution in [3.05, 3.63) is 0 Å². The molecule has 34 heavy (non-hydrogen) atoms. The fourth-order valence-corrected chi connectivity index (χ4v) is 3.50. The molecule has 1 amide bonds. The summed E-state index contributed by atoms with van der Waals surface area (Å²) in [6, 6.07) is -2.54. The Morgan fingerprint density at radius 3 is 2.00 bits per heavy atom. The molecule has 2 aliphatic rings. The van der Waals surface area contributed by atoms with Gasteiger partial charge >= 0.3 is 6.09 Å². The normalized spacial score (nSPS) is 36.7. The van der Waals surface area contributed by atoms with Crippen molar-refractivity contribution in [2.24, 2.45) is 28.7 Å². The second kappa shape index (κ2) is 19.4. The Balaban J connectivity index is -0.000000900. The molecular weight excluding hydrogens is 565 g/mol. The smallest absolute Gasteiger partial charge is 0.407 e. The van der Waals surface area contributed by atoms with Crippen LogP contribution >= 0.6 is 62.0 Å². The van der Waals surface area contributed by atoms with Gasteiger partial charge < -0.3 is 63.5 Å². The van der Waals surface area contributed by atoms with Gasteiger partial charge in [-0.1, -0.05) is 0 Å². The van der Waals surface area contributed by atoms with Gasteiger partial charge in [-0.25, -0.2) is 4.79 Å². The van der Waals surface area contributed by atoms with E-state index in [0.717, 1.165) is 0 Å². The lowest BCUT2D eigenvalue weighted by Crippen LogP contribution is -2.68. The van der Waals surface area contributed by atoms with E-state index in [1.54, 1.807) is 0 Å². The Kier molecular flexibility index (Phi) is 23.7. The van der Waals surface area contributed by atoms with E-state index in [4.69, 9.17) is 42.9 Å². The Morgan fingerprint density at radius 2 is 1.47 bits per heavy atom. The van der Waals surface area contributed by atoms with Gasteiger partial charge in [0.25, 0.3) is 0 Å². The molecule has 0 unspecified atom stereocenters. The second-order valence-electron chi connectivity index (χ2n) is 7.43. The standard InChI is InChI=1S/C16H34N6O7.5ClH/c17-2-1-3-22-16(26)29-14-7(20)4-6(19)13(12(14)25)28-15-9(21)11(24)10(23)8(5-18)27-15;;;;;/h6-15,23-25H,1-5,17-21H2,(H,22,26);5*1H/t6-,7+,8+,9+,10+,11+,12-,13+,14-,15+;;;;;/m0...../s1. The number of aliphatic hydroxyl groups is 3. The molecule has 0 aromatic heterocycles. The molecule has 0 radical (unpaired) electrons. The van der Waals surface area contributed by atoms with Crippen LogP contribution in [0.3, 0.4) is 0 Å². The molecule has 2 fully saturated rings. The largest absolute Gasteiger partial charge is 0.442 e. The Hall–Kier alpha value is 0.320. The molecule has 0 bridgehead atoms. The van der Waals surface area contributed by atoms with Gasteiger partial charge in [-0.3, -0.25) is 0 Å². The van der Waals surface area contributed by atoms with Crippen molar-refractivity contribution in [1.82, 2.24) is 5.32 Å². The zero-order valence-electron chi connectivity index (χ0n) is 18.2. The number of carbonyl (C=O) groups is 1. The fourth-order valence-electron chi connectivity index (χ4n) is 3.50. The summed E-state index contributed by atoms with van der Waals surface area (Å²) in [5.41, 5.74) is 28.9. The molecule has 1 heterocycles. The Morgan fingerprint density at radius 1 is 0.912 bits per heavy atom. The van der Waals surface area contributed by atoms with Crippen LogP contribution in [0.1, 0.15) is 12.8 Å². The van der Waals surface area contributed by atoms with Crippen molar-refractivity contribution in [1.29, 1.82) is 0 Å². The summed E-state index contributed by atoms with van der Waals surface area (Å²) in [6.07, 6.45) is -8.22. The van der Waals surface area contributed by atoms with Gasteiger partial charge in [-0.05, 0) is 19.4 Å². The predicted molar refractivity (Wildman–Crippen MR) is 137 cm³/mol. The summed E-state index contributed by atoms with van der Waals surface area (Å²) >= 11 is 0. The fraction of sp³-hybridized carbons (Fsp3) is 0.938. The van der Waals surface area contributed by atoms with Gasteiger partial charge in [0.2, 0.25) is 0 Å². The lowest BCUT2D eigenvalue weighted by molar-refractivity contribution is -0.287. The minimum atomic E-state index is -1.37. The van der Waals surface area contributed by atoms with Gasteiger partial charge in [-0.2, -0.15) is 0 Å². The van der Waals surface area contributed by atoms with E-state index in [1.165, 1.54) is 0 Å². The van der Waals surface area contributed by atoms with Crippen molar-refractivity contribution in [2.75, 3.05) is 19.6 Å². The highest BCUT2D eigenvalue weighted by atomic mass is 35.5. The van der Waals surface area contributed by atoms with Crippen LogP contribution in [-0.4, -0.2) is 102 Å². The topological polar surface area (TPSA) is 248 Å². The lowest BCUT2D eigenvalue weighted by Gasteiger charge is -2.46. The number of amides is 1. The van der Waals surface area contributed by atoms with Crippen LogP contribution in [0.25, 0.3) is 0 Å². The lowest BCUT2D eigenvalue weighted by atomic mass is 9.84. The van der Waals surface area contributed by atoms with E-state index in [2.05, 4.69) is 5.32 Å². The van der Waals surface area contributed by atoms with Crippen LogP contribution in [0.4, 0.5) is 4.79 Å². The van der Waals surface area contributed by atoms with E-state index in [-0.39, 0.29) is 75.0 Å². The van der Waals surface area contributed by atoms with E-state index in [9.17, 15) is 20.1 Å². The van der Waals surface area contributed by atoms with Crippen LogP contribution < -0.4 is 34.0 Å². The number of nitrogens with one attached hydrogen (secondary N) is 1. The predicted octanol–water partition coefficient (Wildman–Crippen LogP) is -2.92. The zero-order chi connectivity index (χ0) is 21.7. The van der Waals surface area contributed by atoms with Crippen molar-refractivity contribution in [2.45, 2.75) is 73.9 Å². The molecule has 0 aromatic carbocycles. The summed E-state index contributed by atoms with van der Waals surface area (Å²) < 4.78 is 16.5. The van der Waals surface area contributed by atoms with E-state index in [1.807, 2.05) is 0 Å². The first-order valence-electron chi connectivity index (χ1n) is 9.67. The summed E-state index contributed by atoms with van der Waals surface area (Å²) in [6.45, 7) is 0.643. The Bertz CT molecular complexity index is 550. The summed E-state index contributed by atoms with van der Waals surface area (Å²) in [7, 11) is 0. The highest BCUT2D eigenvalue weighted by Crippen LogP contribution is 2.28. The van der Waals surface area contributed by atoms with Crippen LogP contribution in [-0.2, 0) is 14.2 Å². The van der Waals surface area contributed by atoms with Gasteiger partial charge in [0.15, 0.2) is 6.29 Å². The molecule has 1 saturated carbocycles. The number of aliphatic hydroxyl groups excluding tert-OH is 3. The molecule has 2 rings (SSSR count). The molecular formula is C16H39Cl5N6O7. The molecule has 18 heteroatoms. The maximum absolute atomic E-state index is 11.9. The van der Waals surface area contributed by atoms with Crippen molar-refractivity contribution in [3.8, 4) is 0 Å². The molecule has 0 spiro atoms. The van der Waals surface area contributed by atoms with Gasteiger partial charge in [0.1, 0.15) is 36.6 Å². The second-order valence-corrected chi connectivity index (χ2v) is 7.43. The van der Waals surface area contributed by atoms with Gasteiger partial charge in [0.05, 0.1) is 6.04 Å². The minimum absolute atomic E-state index is 0. The molecule has 14 N–H and O–H groups in total. The summed E-state index contributed by atoms with van der Waals surface area (Å²) in [4.78, 5) is 11.9. The zero-order valence-corrected chi connectivity index (χ0v) is 22.3. The first-order valence-corrected chi connectivity index (χ1v) is 9.67. The average Bonchev–Trinajstić information content (AvgIpc) is 2.68. The van der Waals surface area contributed by atoms with Gasteiger partial charge in [0, 0.05) is 25.2 Å². The third kappa shape index (κ3) is 10.4. The maximum atomic E-state index is 11.9. The minimum Gasteiger partial charge on any atom is -0.442 e. The van der Waals surface area contributed by atoms with Crippen LogP contribution in [0, 0.1) is 0 Å². The number of carbonyl (C=O) groups excluding carboxylic acids is 1. The number of rotatable bonds is 7. The summed E-state index contributed by atoms with van der Waals surface area (Å²) in [5, 5.41) is 33.3. The van der Waals surface area contributed by atoms with E-state index in [0.29, 0.717) is 19.5 Å². The third-order valence-corrected chi connectivity index (χ3v) is 5.23. The first kappa shape index (κ1) is 41.4. The molecule has 10 atom stereocenters. The average molecular weight is 605 g/mol. The van der Waals surface area contributed by atoms with Crippen molar-refractivity contribution in [3.63, 3.8) is 0 Å². The molecule has 0 aromatic rings. The van der Waals surface area contributed by atoms with E-state index >= 15 is 0 Å². The van der Waals surface area contributed by atoms with Crippen LogP contribution in [0.15, 0.2) is 0 Å². The maximum Gasteiger partial charge on any atom is 0.407 e. The molecule has 1 aliphatic carbocycles. The molecule has 210 valence electrons. The monoisotopic (exact) mass is 602 g/mol. The number of hydrogen-bond donors (Lipinski definition) is 9. The highest BCUT2D eigenvalue weighted by Gasteiger charge is 2.49. The van der Waals surface area contributed by atoms with Crippen LogP contribution in [0.5, 0.6) is 0 Å². The van der Waals surface area contributed by atoms with Gasteiger partial charge in [-0.15, -0.1) is 62.0 Å². The third-order valence-electron chi connectivity index (χ3n) is 5.23. The highest BCUT2D eigenvalue weighted by molar-refractivity contribution is 5.86. The number of ether oxygens (including phenoxy) is 3. The quantitative estimate of drug-likeness (QED) is 0.133. The number of nitrogens with two attached hydrogens (primary N) is 5. The van der Waals surface area contributed by atoms with Crippen molar-refractivity contribution < 1.29 is 34.3 Å². The summed E-state index contributed by atoms with van der Waals surface area (Å²) in [5.74, 6) is 0. The molecule has 13 nitrogen and oxygen atoms in total.